The van der Waals surface area contributed by atoms with Crippen LogP contribution in [0.2, 0.25) is 0 Å². The number of fused-ring (bicyclic) bond motifs is 2. The van der Waals surface area contributed by atoms with Gasteiger partial charge in [-0.1, -0.05) is 36.4 Å². The number of pyridine rings is 1. The largest absolute Gasteiger partial charge is 0.462 e. The lowest BCUT2D eigenvalue weighted by molar-refractivity contribution is 0.0526. The van der Waals surface area contributed by atoms with E-state index in [0.717, 1.165) is 33.2 Å². The van der Waals surface area contributed by atoms with Crippen molar-refractivity contribution in [3.8, 4) is 0 Å². The SMILES string of the molecule is CCOC(=O)c1ccc(Nc2c3ccccc3nc3ccccc23)cc1. The van der Waals surface area contributed by atoms with Gasteiger partial charge in [0.15, 0.2) is 0 Å². The van der Waals surface area contributed by atoms with Gasteiger partial charge in [0.05, 0.1) is 28.9 Å². The van der Waals surface area contributed by atoms with E-state index in [2.05, 4.69) is 17.4 Å². The zero-order valence-corrected chi connectivity index (χ0v) is 14.4. The molecule has 26 heavy (non-hydrogen) atoms. The van der Waals surface area contributed by atoms with Crippen molar-refractivity contribution in [3.05, 3.63) is 78.4 Å². The minimum atomic E-state index is -0.307. The molecule has 3 aromatic carbocycles. The van der Waals surface area contributed by atoms with E-state index in [9.17, 15) is 4.79 Å². The zero-order valence-electron chi connectivity index (χ0n) is 14.4. The van der Waals surface area contributed by atoms with Crippen LogP contribution in [0.3, 0.4) is 0 Å². The fourth-order valence-electron chi connectivity index (χ4n) is 3.02. The van der Waals surface area contributed by atoms with Gasteiger partial charge in [-0.25, -0.2) is 9.78 Å². The van der Waals surface area contributed by atoms with Crippen molar-refractivity contribution in [2.24, 2.45) is 0 Å². The van der Waals surface area contributed by atoms with Crippen molar-refractivity contribution >= 4 is 39.1 Å². The van der Waals surface area contributed by atoms with Crippen LogP contribution >= 0.6 is 0 Å². The maximum absolute atomic E-state index is 11.8. The molecule has 0 unspecified atom stereocenters. The molecule has 0 aliphatic rings. The molecule has 4 heteroatoms. The average Bonchev–Trinajstić information content (AvgIpc) is 2.68. The minimum absolute atomic E-state index is 0.307. The number of aromatic nitrogens is 1. The van der Waals surface area contributed by atoms with Crippen molar-refractivity contribution < 1.29 is 9.53 Å². The molecule has 4 nitrogen and oxygen atoms in total. The molecule has 0 amide bonds. The van der Waals surface area contributed by atoms with Crippen LogP contribution in [0.25, 0.3) is 21.8 Å². The molecular formula is C22H18N2O2. The normalized spacial score (nSPS) is 10.8. The molecule has 128 valence electrons. The maximum Gasteiger partial charge on any atom is 0.338 e. The lowest BCUT2D eigenvalue weighted by Gasteiger charge is -2.13. The number of esters is 1. The molecule has 4 rings (SSSR count). The van der Waals surface area contributed by atoms with Crippen molar-refractivity contribution in [2.45, 2.75) is 6.92 Å². The molecule has 0 saturated heterocycles. The summed E-state index contributed by atoms with van der Waals surface area (Å²) in [7, 11) is 0. The van der Waals surface area contributed by atoms with Gasteiger partial charge in [-0.05, 0) is 43.3 Å². The molecule has 0 saturated carbocycles. The van der Waals surface area contributed by atoms with Gasteiger partial charge in [-0.3, -0.25) is 0 Å². The Hall–Kier alpha value is -3.40. The molecule has 0 fully saturated rings. The van der Waals surface area contributed by atoms with Gasteiger partial charge in [-0.15, -0.1) is 0 Å². The first-order chi connectivity index (χ1) is 12.8. The van der Waals surface area contributed by atoms with Gasteiger partial charge in [0, 0.05) is 16.5 Å². The highest BCUT2D eigenvalue weighted by Gasteiger charge is 2.10. The summed E-state index contributed by atoms with van der Waals surface area (Å²) in [6.45, 7) is 2.17. The highest BCUT2D eigenvalue weighted by Crippen LogP contribution is 2.32. The minimum Gasteiger partial charge on any atom is -0.462 e. The van der Waals surface area contributed by atoms with Crippen molar-refractivity contribution in [2.75, 3.05) is 11.9 Å². The highest BCUT2D eigenvalue weighted by atomic mass is 16.5. The molecule has 0 aliphatic carbocycles. The smallest absolute Gasteiger partial charge is 0.338 e. The Balaban J connectivity index is 1.77. The van der Waals surface area contributed by atoms with Gasteiger partial charge < -0.3 is 10.1 Å². The maximum atomic E-state index is 11.8. The van der Waals surface area contributed by atoms with Gasteiger partial charge in [0.25, 0.3) is 0 Å². The summed E-state index contributed by atoms with van der Waals surface area (Å²) >= 11 is 0. The van der Waals surface area contributed by atoms with Crippen LogP contribution < -0.4 is 5.32 Å². The average molecular weight is 342 g/mol. The van der Waals surface area contributed by atoms with Crippen LogP contribution in [-0.4, -0.2) is 17.6 Å². The monoisotopic (exact) mass is 342 g/mol. The number of carbonyl (C=O) groups excluding carboxylic acids is 1. The molecule has 1 aromatic heterocycles. The number of hydrogen-bond acceptors (Lipinski definition) is 4. The lowest BCUT2D eigenvalue weighted by atomic mass is 10.1. The topological polar surface area (TPSA) is 51.2 Å². The van der Waals surface area contributed by atoms with Crippen molar-refractivity contribution in [1.29, 1.82) is 0 Å². The van der Waals surface area contributed by atoms with Crippen LogP contribution in [-0.2, 0) is 4.74 Å². The number of nitrogens with one attached hydrogen (secondary N) is 1. The van der Waals surface area contributed by atoms with Gasteiger partial charge in [-0.2, -0.15) is 0 Å². The first-order valence-electron chi connectivity index (χ1n) is 8.58. The summed E-state index contributed by atoms with van der Waals surface area (Å²) in [6.07, 6.45) is 0. The fraction of sp³-hybridized carbons (Fsp3) is 0.0909. The van der Waals surface area contributed by atoms with Crippen molar-refractivity contribution in [3.63, 3.8) is 0 Å². The standard InChI is InChI=1S/C22H18N2O2/c1-2-26-22(25)15-11-13-16(14-12-15)23-21-17-7-3-5-9-19(17)24-20-10-6-4-8-18(20)21/h3-14H,2H2,1H3,(H,23,24). The third-order valence-corrected chi connectivity index (χ3v) is 4.25. The quantitative estimate of drug-likeness (QED) is 0.403. The number of hydrogen-bond donors (Lipinski definition) is 1. The van der Waals surface area contributed by atoms with E-state index in [1.54, 1.807) is 19.1 Å². The Morgan fingerprint density at radius 3 is 2.04 bits per heavy atom. The number of benzene rings is 3. The molecule has 4 aromatic rings. The van der Waals surface area contributed by atoms with E-state index in [1.807, 2.05) is 48.5 Å². The van der Waals surface area contributed by atoms with Crippen LogP contribution in [0.15, 0.2) is 72.8 Å². The van der Waals surface area contributed by atoms with Crippen LogP contribution in [0.4, 0.5) is 11.4 Å². The van der Waals surface area contributed by atoms with Crippen LogP contribution in [0.5, 0.6) is 0 Å². The number of para-hydroxylation sites is 2. The molecule has 0 bridgehead atoms. The van der Waals surface area contributed by atoms with E-state index in [0.29, 0.717) is 12.2 Å². The fourth-order valence-corrected chi connectivity index (χ4v) is 3.02. The molecule has 0 atom stereocenters. The first kappa shape index (κ1) is 16.1. The molecule has 1 heterocycles. The number of anilines is 2. The highest BCUT2D eigenvalue weighted by molar-refractivity contribution is 6.08. The van der Waals surface area contributed by atoms with E-state index < -0.39 is 0 Å². The van der Waals surface area contributed by atoms with E-state index in [4.69, 9.17) is 9.72 Å². The third-order valence-electron chi connectivity index (χ3n) is 4.25. The van der Waals surface area contributed by atoms with Gasteiger partial charge in [0.1, 0.15) is 0 Å². The number of carbonyl (C=O) groups is 1. The lowest BCUT2D eigenvalue weighted by Crippen LogP contribution is -2.04. The molecular weight excluding hydrogens is 324 g/mol. The second-order valence-electron chi connectivity index (χ2n) is 5.94. The number of nitrogens with zero attached hydrogens (tertiary/aromatic N) is 1. The number of ether oxygens (including phenoxy) is 1. The summed E-state index contributed by atoms with van der Waals surface area (Å²) in [5, 5.41) is 5.61. The van der Waals surface area contributed by atoms with Gasteiger partial charge >= 0.3 is 5.97 Å². The van der Waals surface area contributed by atoms with Crippen molar-refractivity contribution in [1.82, 2.24) is 4.98 Å². The Morgan fingerprint density at radius 2 is 1.46 bits per heavy atom. The molecule has 0 spiro atoms. The summed E-state index contributed by atoms with van der Waals surface area (Å²) < 4.78 is 5.03. The Kier molecular flexibility index (Phi) is 4.23. The Labute approximate surface area is 151 Å². The first-order valence-corrected chi connectivity index (χ1v) is 8.58. The summed E-state index contributed by atoms with van der Waals surface area (Å²) in [5.41, 5.74) is 4.34. The summed E-state index contributed by atoms with van der Waals surface area (Å²) in [5.74, 6) is -0.307. The van der Waals surface area contributed by atoms with Crippen LogP contribution in [0.1, 0.15) is 17.3 Å². The Bertz CT molecular complexity index is 1030. The van der Waals surface area contributed by atoms with E-state index >= 15 is 0 Å². The van der Waals surface area contributed by atoms with Crippen LogP contribution in [0, 0.1) is 0 Å². The van der Waals surface area contributed by atoms with E-state index in [1.165, 1.54) is 0 Å². The zero-order chi connectivity index (χ0) is 17.9. The summed E-state index contributed by atoms with van der Waals surface area (Å²) in [6, 6.07) is 23.4. The summed E-state index contributed by atoms with van der Waals surface area (Å²) in [4.78, 5) is 16.5. The third kappa shape index (κ3) is 2.97. The predicted molar refractivity (Wildman–Crippen MR) is 105 cm³/mol. The predicted octanol–water partition coefficient (Wildman–Crippen LogP) is 5.31. The second-order valence-corrected chi connectivity index (χ2v) is 5.94. The second kappa shape index (κ2) is 6.84. The molecule has 0 radical (unpaired) electrons. The molecule has 1 N–H and O–H groups in total. The molecule has 0 aliphatic heterocycles. The van der Waals surface area contributed by atoms with Gasteiger partial charge in [0.2, 0.25) is 0 Å². The van der Waals surface area contributed by atoms with E-state index in [-0.39, 0.29) is 5.97 Å². The Morgan fingerprint density at radius 1 is 0.885 bits per heavy atom. The number of rotatable bonds is 4.